The molecule has 8 rings (SSSR count). The molecule has 6 fully saturated rings. The van der Waals surface area contributed by atoms with Gasteiger partial charge in [0.15, 0.2) is 0 Å². The van der Waals surface area contributed by atoms with Crippen molar-refractivity contribution < 1.29 is 95.3 Å². The molecule has 60 heavy (non-hydrogen) atoms. The quantitative estimate of drug-likeness (QED) is 0.142. The predicted molar refractivity (Wildman–Crippen MR) is 186 cm³/mol. The molecule has 0 aromatic rings. The van der Waals surface area contributed by atoms with Crippen LogP contribution in [-0.4, -0.2) is 131 Å². The van der Waals surface area contributed by atoms with Crippen molar-refractivity contribution in [1.29, 1.82) is 0 Å². The maximum atomic E-state index is 15.1. The number of allylic oxidation sites excluding steroid dienone is 1. The van der Waals surface area contributed by atoms with E-state index < -0.39 is 145 Å². The molecule has 0 bridgehead atoms. The van der Waals surface area contributed by atoms with Gasteiger partial charge in [0.05, 0.1) is 126 Å². The van der Waals surface area contributed by atoms with Gasteiger partial charge in [0, 0.05) is 23.7 Å². The summed E-state index contributed by atoms with van der Waals surface area (Å²) in [5.74, 6) is -23.0. The van der Waals surface area contributed by atoms with Gasteiger partial charge < -0.3 is 47.4 Å². The van der Waals surface area contributed by atoms with Crippen LogP contribution in [0.4, 0.5) is 0 Å². The first-order valence-electron chi connectivity index (χ1n) is 18.5. The number of carbonyl (C=O) groups is 10. The fourth-order valence-corrected chi connectivity index (χ4v) is 15.4. The van der Waals surface area contributed by atoms with Gasteiger partial charge in [-0.15, -0.1) is 0 Å². The minimum Gasteiger partial charge on any atom is -0.469 e. The van der Waals surface area contributed by atoms with E-state index in [1.807, 2.05) is 0 Å². The molecule has 0 aromatic heterocycles. The van der Waals surface area contributed by atoms with Gasteiger partial charge in [0.25, 0.3) is 0 Å². The van der Waals surface area contributed by atoms with E-state index in [0.717, 1.165) is 71.1 Å². The van der Waals surface area contributed by atoms with Gasteiger partial charge in [-0.1, -0.05) is 12.2 Å². The maximum Gasteiger partial charge on any atom is 0.338 e. The van der Waals surface area contributed by atoms with Crippen LogP contribution in [-0.2, 0) is 95.3 Å². The summed E-state index contributed by atoms with van der Waals surface area (Å²) < 4.78 is 52.7. The summed E-state index contributed by atoms with van der Waals surface area (Å²) in [5, 5.41) is 0. The highest BCUT2D eigenvalue weighted by Crippen LogP contribution is 3.10. The van der Waals surface area contributed by atoms with E-state index in [0.29, 0.717) is 0 Å². The Kier molecular flexibility index (Phi) is 8.31. The number of carbonyl (C=O) groups excluding carboxylic acids is 10. The van der Waals surface area contributed by atoms with E-state index in [1.54, 1.807) is 0 Å². The van der Waals surface area contributed by atoms with Gasteiger partial charge in [-0.25, -0.2) is 19.2 Å². The average molecular weight is 841 g/mol. The van der Waals surface area contributed by atoms with Crippen molar-refractivity contribution in [3.8, 4) is 0 Å². The van der Waals surface area contributed by atoms with Crippen molar-refractivity contribution in [2.45, 2.75) is 0 Å². The molecular formula is C40H40O20. The van der Waals surface area contributed by atoms with Crippen molar-refractivity contribution in [3.05, 3.63) is 34.4 Å². The van der Waals surface area contributed by atoms with Crippen molar-refractivity contribution in [1.82, 2.24) is 0 Å². The van der Waals surface area contributed by atoms with E-state index in [9.17, 15) is 38.4 Å². The molecule has 6 saturated carbocycles. The monoisotopic (exact) mass is 840 g/mol. The van der Waals surface area contributed by atoms with Crippen molar-refractivity contribution >= 4 is 59.7 Å². The smallest absolute Gasteiger partial charge is 0.338 e. The molecule has 8 aliphatic carbocycles. The number of hydrogen-bond donors (Lipinski definition) is 0. The molecule has 0 aliphatic heterocycles. The largest absolute Gasteiger partial charge is 0.469 e. The van der Waals surface area contributed by atoms with E-state index in [-0.39, 0.29) is 16.7 Å². The summed E-state index contributed by atoms with van der Waals surface area (Å²) in [6.07, 6.45) is 2.58. The highest BCUT2D eigenvalue weighted by Gasteiger charge is 3.18. The first kappa shape index (κ1) is 40.7. The van der Waals surface area contributed by atoms with E-state index >= 15 is 9.59 Å². The second-order valence-corrected chi connectivity index (χ2v) is 16.0. The highest BCUT2D eigenvalue weighted by molar-refractivity contribution is 6.15. The summed E-state index contributed by atoms with van der Waals surface area (Å²) in [6.45, 7) is 0. The van der Waals surface area contributed by atoms with E-state index in [4.69, 9.17) is 47.4 Å². The molecule has 20 nitrogen and oxygen atoms in total. The zero-order chi connectivity index (χ0) is 44.2. The van der Waals surface area contributed by atoms with Crippen LogP contribution in [0.5, 0.6) is 0 Å². The second kappa shape index (κ2) is 12.2. The third-order valence-electron chi connectivity index (χ3n) is 16.1. The van der Waals surface area contributed by atoms with Gasteiger partial charge >= 0.3 is 59.7 Å². The van der Waals surface area contributed by atoms with Crippen LogP contribution in [0.15, 0.2) is 34.4 Å². The number of fused-ring (bicyclic) bond motifs is 19. The molecule has 0 radical (unpaired) electrons. The van der Waals surface area contributed by atoms with Crippen LogP contribution < -0.4 is 0 Å². The number of rotatable bonds is 10. The SMILES string of the molecule is COC(=O)C1=C(C(=O)OC)[C@@H]2[C@H](C=C1)[C@@]1(C(=O)OC)[C@H]3[C@H]([C@]4(C(=O)OC)[C@@H]5[C@H]([C@]34C(=O)OC)[C@@]3(C(=O)OC)[C@@H]4C(C(=O)OC)=C(C(=O)OC)[C@@H]4[C@@]53C(=O)OC)[C@@]21C(=O)OC. The Morgan fingerprint density at radius 2 is 0.633 bits per heavy atom. The van der Waals surface area contributed by atoms with Crippen molar-refractivity contribution in [3.63, 3.8) is 0 Å². The lowest BCUT2D eigenvalue weighted by Gasteiger charge is -3.03. The van der Waals surface area contributed by atoms with Crippen LogP contribution in [0, 0.1) is 79.8 Å². The molecule has 320 valence electrons. The minimum absolute atomic E-state index is 0.355. The second-order valence-electron chi connectivity index (χ2n) is 16.0. The molecule has 0 saturated heterocycles. The Morgan fingerprint density at radius 1 is 0.350 bits per heavy atom. The Balaban J connectivity index is 1.52. The highest BCUT2D eigenvalue weighted by atomic mass is 16.6. The normalized spacial score (nSPS) is 41.7. The summed E-state index contributed by atoms with van der Waals surface area (Å²) in [7, 11) is 10.0. The first-order valence-corrected chi connectivity index (χ1v) is 18.5. The standard InChI is InChI=1S/C40H40O20/c1-51-25(41)13-11-12-14-18(15(13)26(42)52-2)36(30(46)56-6)22-21(35(14,36)29(45)55-5)39(33(49)59-9)23-24(40(22,39)34(50)60-10)38(32(48)58-8)20-17(28(44)54-4)16(27(43)53-3)19(20)37(23,38)31(47)57-7/h11-12,14,18-24H,1-10H3/t14-,18-,19+,20-,21+,22-,23-,24+,35-,36+,37+,38-,39-,40+/m0/s1. The van der Waals surface area contributed by atoms with Crippen LogP contribution >= 0.6 is 0 Å². The molecule has 0 unspecified atom stereocenters. The minimum atomic E-state index is -2.44. The number of esters is 10. The molecular weight excluding hydrogens is 800 g/mol. The van der Waals surface area contributed by atoms with Crippen LogP contribution in [0.25, 0.3) is 0 Å². The molecule has 0 amide bonds. The Labute approximate surface area is 340 Å². The van der Waals surface area contributed by atoms with Gasteiger partial charge in [0.2, 0.25) is 0 Å². The Morgan fingerprint density at radius 3 is 0.967 bits per heavy atom. The molecule has 14 atom stereocenters. The van der Waals surface area contributed by atoms with Gasteiger partial charge in [-0.2, -0.15) is 0 Å². The molecule has 0 aromatic carbocycles. The van der Waals surface area contributed by atoms with Crippen LogP contribution in [0.3, 0.4) is 0 Å². The lowest BCUT2D eigenvalue weighted by molar-refractivity contribution is -0.567. The molecule has 0 heterocycles. The summed E-state index contributed by atoms with van der Waals surface area (Å²) in [4.78, 5) is 144. The Hall–Kier alpha value is -6.08. The fraction of sp³-hybridized carbons (Fsp3) is 0.600. The average Bonchev–Trinajstić information content (AvgIpc) is 3.25. The fourth-order valence-electron chi connectivity index (χ4n) is 15.4. The Bertz CT molecular complexity index is 2290. The van der Waals surface area contributed by atoms with Gasteiger partial charge in [-0.3, -0.25) is 28.8 Å². The third-order valence-corrected chi connectivity index (χ3v) is 16.1. The molecule has 8 aliphatic rings. The molecule has 0 spiro atoms. The number of ether oxygens (including phenoxy) is 10. The van der Waals surface area contributed by atoms with E-state index in [1.165, 1.54) is 12.2 Å². The molecule has 20 heteroatoms. The van der Waals surface area contributed by atoms with Gasteiger partial charge in [0.1, 0.15) is 0 Å². The maximum absolute atomic E-state index is 15.1. The lowest BCUT2D eigenvalue weighted by Crippen LogP contribution is -3.11. The number of hydrogen-bond acceptors (Lipinski definition) is 20. The van der Waals surface area contributed by atoms with Crippen LogP contribution in [0.1, 0.15) is 0 Å². The third kappa shape index (κ3) is 3.17. The van der Waals surface area contributed by atoms with Crippen molar-refractivity contribution in [2.24, 2.45) is 79.8 Å². The van der Waals surface area contributed by atoms with Gasteiger partial charge in [-0.05, 0) is 23.7 Å². The summed E-state index contributed by atoms with van der Waals surface area (Å²) in [6, 6.07) is 0. The topological polar surface area (TPSA) is 263 Å². The first-order chi connectivity index (χ1) is 28.5. The van der Waals surface area contributed by atoms with Crippen molar-refractivity contribution in [2.75, 3.05) is 71.1 Å². The number of methoxy groups -OCH3 is 10. The zero-order valence-corrected chi connectivity index (χ0v) is 33.9. The lowest BCUT2D eigenvalue weighted by atomic mass is 8.94. The van der Waals surface area contributed by atoms with Crippen LogP contribution in [0.2, 0.25) is 0 Å². The molecule has 0 N–H and O–H groups in total. The summed E-state index contributed by atoms with van der Waals surface area (Å²) >= 11 is 0. The van der Waals surface area contributed by atoms with E-state index in [2.05, 4.69) is 0 Å². The summed E-state index contributed by atoms with van der Waals surface area (Å²) in [5.41, 5.74) is -15.5. The zero-order valence-electron chi connectivity index (χ0n) is 33.9. The predicted octanol–water partition coefficient (Wildman–Crippen LogP) is -1.18.